The molecule has 0 aliphatic heterocycles. The second-order valence-electron chi connectivity index (χ2n) is 4.42. The Morgan fingerprint density at radius 3 is 2.71 bits per heavy atom. The Bertz CT molecular complexity index is 614. The number of hydrogen-bond acceptors (Lipinski definition) is 4. The second-order valence-corrected chi connectivity index (χ2v) is 6.72. The lowest BCUT2D eigenvalue weighted by Crippen LogP contribution is -2.16. The average Bonchev–Trinajstić information content (AvgIpc) is 2.41. The minimum absolute atomic E-state index is 0.00267. The fourth-order valence-corrected chi connectivity index (χ4v) is 2.76. The molecule has 0 radical (unpaired) electrons. The summed E-state index contributed by atoms with van der Waals surface area (Å²) < 4.78 is 41.9. The van der Waals surface area contributed by atoms with Crippen LogP contribution in [0.3, 0.4) is 0 Å². The van der Waals surface area contributed by atoms with E-state index < -0.39 is 15.7 Å². The Morgan fingerprint density at radius 2 is 2.10 bits per heavy atom. The Labute approximate surface area is 124 Å². The van der Waals surface area contributed by atoms with Crippen LogP contribution in [0.4, 0.5) is 4.39 Å². The number of benzene rings is 1. The molecule has 0 saturated carbocycles. The highest BCUT2D eigenvalue weighted by atomic mass is 32.2. The smallest absolute Gasteiger partial charge is 0.153 e. The van der Waals surface area contributed by atoms with Gasteiger partial charge in [0, 0.05) is 12.5 Å². The molecular weight excluding hydrogens is 295 g/mol. The molecular formula is C15H19FO4S. The van der Waals surface area contributed by atoms with Crippen molar-refractivity contribution in [1.29, 1.82) is 0 Å². The minimum atomic E-state index is -3.10. The van der Waals surface area contributed by atoms with Crippen molar-refractivity contribution in [3.8, 4) is 17.6 Å². The first-order valence-corrected chi connectivity index (χ1v) is 8.53. The Balaban J connectivity index is 2.59. The molecule has 0 heterocycles. The Kier molecular flexibility index (Phi) is 7.20. The van der Waals surface area contributed by atoms with Gasteiger partial charge in [-0.05, 0) is 18.6 Å². The quantitative estimate of drug-likeness (QED) is 0.779. The largest absolute Gasteiger partial charge is 0.492 e. The number of aliphatic hydroxyl groups excluding tert-OH is 1. The maximum absolute atomic E-state index is 13.7. The molecule has 0 unspecified atom stereocenters. The van der Waals surface area contributed by atoms with E-state index in [2.05, 4.69) is 11.8 Å². The van der Waals surface area contributed by atoms with E-state index in [0.29, 0.717) is 6.42 Å². The van der Waals surface area contributed by atoms with Crippen molar-refractivity contribution >= 4 is 9.84 Å². The van der Waals surface area contributed by atoms with Crippen molar-refractivity contribution in [2.75, 3.05) is 24.7 Å². The summed E-state index contributed by atoms with van der Waals surface area (Å²) >= 11 is 0. The van der Waals surface area contributed by atoms with E-state index in [0.717, 1.165) is 0 Å². The van der Waals surface area contributed by atoms with Crippen LogP contribution in [0.15, 0.2) is 18.2 Å². The average molecular weight is 314 g/mol. The molecule has 1 N–H and O–H groups in total. The van der Waals surface area contributed by atoms with Crippen LogP contribution in [0.5, 0.6) is 5.75 Å². The predicted molar refractivity (Wildman–Crippen MR) is 79.4 cm³/mol. The number of halogens is 1. The van der Waals surface area contributed by atoms with Gasteiger partial charge in [-0.15, -0.1) is 0 Å². The van der Waals surface area contributed by atoms with E-state index in [4.69, 9.17) is 9.84 Å². The number of hydrogen-bond donors (Lipinski definition) is 1. The summed E-state index contributed by atoms with van der Waals surface area (Å²) in [5.41, 5.74) is 0.217. The van der Waals surface area contributed by atoms with Gasteiger partial charge in [0.05, 0.1) is 23.7 Å². The topological polar surface area (TPSA) is 63.6 Å². The third kappa shape index (κ3) is 6.61. The second kappa shape index (κ2) is 8.65. The molecule has 6 heteroatoms. The van der Waals surface area contributed by atoms with Crippen LogP contribution in [0.25, 0.3) is 0 Å². The SMILES string of the molecule is CCCS(=O)(=O)CCOc1ccc(C#CCCO)c(F)c1. The van der Waals surface area contributed by atoms with Crippen LogP contribution in [-0.2, 0) is 9.84 Å². The molecule has 0 spiro atoms. The standard InChI is InChI=1S/C15H19FO4S/c1-2-10-21(18,19)11-9-20-14-7-6-13(15(16)12-14)5-3-4-8-17/h6-7,12,17H,2,4,8-11H2,1H3. The van der Waals surface area contributed by atoms with Gasteiger partial charge in [-0.1, -0.05) is 18.8 Å². The Hall–Kier alpha value is -1.58. The van der Waals surface area contributed by atoms with Gasteiger partial charge in [-0.25, -0.2) is 12.8 Å². The molecule has 21 heavy (non-hydrogen) atoms. The lowest BCUT2D eigenvalue weighted by Gasteiger charge is -2.07. The van der Waals surface area contributed by atoms with Crippen LogP contribution >= 0.6 is 0 Å². The molecule has 0 fully saturated rings. The maximum Gasteiger partial charge on any atom is 0.153 e. The molecule has 0 atom stereocenters. The summed E-state index contributed by atoms with van der Waals surface area (Å²) in [5, 5.41) is 8.59. The first-order valence-electron chi connectivity index (χ1n) is 6.71. The van der Waals surface area contributed by atoms with Crippen molar-refractivity contribution in [2.24, 2.45) is 0 Å². The highest BCUT2D eigenvalue weighted by molar-refractivity contribution is 7.91. The summed E-state index contributed by atoms with van der Waals surface area (Å²) in [6.07, 6.45) is 0.852. The van der Waals surface area contributed by atoms with Gasteiger partial charge in [0.15, 0.2) is 9.84 Å². The first-order chi connectivity index (χ1) is 9.98. The van der Waals surface area contributed by atoms with Crippen LogP contribution in [0, 0.1) is 17.7 Å². The first kappa shape index (κ1) is 17.5. The van der Waals surface area contributed by atoms with Gasteiger partial charge in [0.1, 0.15) is 18.2 Å². The predicted octanol–water partition coefficient (Wildman–Crippen LogP) is 1.76. The van der Waals surface area contributed by atoms with Crippen LogP contribution in [0.2, 0.25) is 0 Å². The molecule has 0 aromatic heterocycles. The third-order valence-electron chi connectivity index (χ3n) is 2.58. The normalized spacial score (nSPS) is 10.8. The van der Waals surface area contributed by atoms with Crippen LogP contribution in [-0.4, -0.2) is 38.2 Å². The minimum Gasteiger partial charge on any atom is -0.492 e. The lowest BCUT2D eigenvalue weighted by atomic mass is 10.2. The van der Waals surface area contributed by atoms with E-state index in [1.807, 2.05) is 0 Å². The number of sulfone groups is 1. The molecule has 0 aliphatic rings. The zero-order chi connectivity index (χ0) is 15.7. The van der Waals surface area contributed by atoms with Gasteiger partial charge in [-0.2, -0.15) is 0 Å². The summed E-state index contributed by atoms with van der Waals surface area (Å²) in [5.74, 6) is 5.01. The molecule has 0 amide bonds. The summed E-state index contributed by atoms with van der Waals surface area (Å²) in [4.78, 5) is 0. The van der Waals surface area contributed by atoms with E-state index in [1.54, 1.807) is 13.0 Å². The van der Waals surface area contributed by atoms with Crippen LogP contribution in [0.1, 0.15) is 25.3 Å². The zero-order valence-corrected chi connectivity index (χ0v) is 12.7. The fourth-order valence-electron chi connectivity index (χ4n) is 1.60. The number of aliphatic hydroxyl groups is 1. The molecule has 116 valence electrons. The van der Waals surface area contributed by atoms with Crippen molar-refractivity contribution in [2.45, 2.75) is 19.8 Å². The molecule has 0 aliphatic carbocycles. The van der Waals surface area contributed by atoms with Crippen LogP contribution < -0.4 is 4.74 Å². The van der Waals surface area contributed by atoms with E-state index in [1.165, 1.54) is 12.1 Å². The third-order valence-corrected chi connectivity index (χ3v) is 4.40. The number of ether oxygens (including phenoxy) is 1. The van der Waals surface area contributed by atoms with Gasteiger partial charge in [0.2, 0.25) is 0 Å². The van der Waals surface area contributed by atoms with Crippen molar-refractivity contribution < 1.29 is 22.7 Å². The van der Waals surface area contributed by atoms with E-state index in [-0.39, 0.29) is 42.5 Å². The van der Waals surface area contributed by atoms with Crippen molar-refractivity contribution in [3.05, 3.63) is 29.6 Å². The lowest BCUT2D eigenvalue weighted by molar-refractivity contribution is 0.305. The molecule has 4 nitrogen and oxygen atoms in total. The molecule has 0 saturated heterocycles. The summed E-state index contributed by atoms with van der Waals surface area (Å²) in [6.45, 7) is 1.73. The molecule has 0 bridgehead atoms. The summed E-state index contributed by atoms with van der Waals surface area (Å²) in [6, 6.07) is 4.18. The monoisotopic (exact) mass is 314 g/mol. The highest BCUT2D eigenvalue weighted by Crippen LogP contribution is 2.16. The fraction of sp³-hybridized carbons (Fsp3) is 0.467. The zero-order valence-electron chi connectivity index (χ0n) is 11.9. The van der Waals surface area contributed by atoms with Crippen molar-refractivity contribution in [3.63, 3.8) is 0 Å². The van der Waals surface area contributed by atoms with E-state index >= 15 is 0 Å². The molecule has 1 aromatic rings. The van der Waals surface area contributed by atoms with Gasteiger partial charge in [0.25, 0.3) is 0 Å². The van der Waals surface area contributed by atoms with Gasteiger partial charge in [-0.3, -0.25) is 0 Å². The highest BCUT2D eigenvalue weighted by Gasteiger charge is 2.10. The summed E-state index contributed by atoms with van der Waals surface area (Å²) in [7, 11) is -3.10. The van der Waals surface area contributed by atoms with E-state index in [9.17, 15) is 12.8 Å². The van der Waals surface area contributed by atoms with Crippen molar-refractivity contribution in [1.82, 2.24) is 0 Å². The van der Waals surface area contributed by atoms with Gasteiger partial charge < -0.3 is 9.84 Å². The Morgan fingerprint density at radius 1 is 1.33 bits per heavy atom. The molecule has 1 rings (SSSR count). The maximum atomic E-state index is 13.7. The van der Waals surface area contributed by atoms with Gasteiger partial charge >= 0.3 is 0 Å². The number of rotatable bonds is 7. The molecule has 1 aromatic carbocycles.